The van der Waals surface area contributed by atoms with E-state index in [1.807, 2.05) is 28.1 Å². The van der Waals surface area contributed by atoms with Crippen LogP contribution in [-0.4, -0.2) is 46.2 Å². The Kier molecular flexibility index (Phi) is 8.04. The van der Waals surface area contributed by atoms with Crippen LogP contribution in [0.25, 0.3) is 10.9 Å². The van der Waals surface area contributed by atoms with Gasteiger partial charge in [-0.05, 0) is 49.8 Å². The van der Waals surface area contributed by atoms with Gasteiger partial charge in [-0.1, -0.05) is 67.8 Å². The number of H-pyrrole nitrogens is 1. The first kappa shape index (κ1) is 24.1. The van der Waals surface area contributed by atoms with Crippen molar-refractivity contribution in [2.45, 2.75) is 58.9 Å². The maximum Gasteiger partial charge on any atom is 0.242 e. The average Bonchev–Trinajstić information content (AvgIpc) is 3.53. The molecule has 0 radical (unpaired) electrons. The molecule has 5 nitrogen and oxygen atoms in total. The number of benzene rings is 2. The molecule has 1 fully saturated rings. The Bertz CT molecular complexity index is 1100. The van der Waals surface area contributed by atoms with Crippen LogP contribution in [0.15, 0.2) is 54.7 Å². The van der Waals surface area contributed by atoms with E-state index in [1.165, 1.54) is 16.5 Å². The molecule has 1 saturated carbocycles. The van der Waals surface area contributed by atoms with Crippen LogP contribution in [-0.2, 0) is 22.6 Å². The second-order valence-electron chi connectivity index (χ2n) is 9.65. The molecule has 1 aliphatic rings. The molecule has 180 valence electrons. The van der Waals surface area contributed by atoms with Gasteiger partial charge in [-0.25, -0.2) is 0 Å². The summed E-state index contributed by atoms with van der Waals surface area (Å²) in [7, 11) is 0. The number of para-hydroxylation sites is 1. The summed E-state index contributed by atoms with van der Waals surface area (Å²) in [5.41, 5.74) is 4.65. The number of amides is 2. The SMILES string of the molecule is CCCN(CC(=O)N(CCc1c[nH]c2ccccc12)Cc1ccc(C)cc1)C(=O)C1CCCC1. The third-order valence-corrected chi connectivity index (χ3v) is 7.01. The number of hydrogen-bond acceptors (Lipinski definition) is 2. The molecule has 1 aromatic heterocycles. The maximum absolute atomic E-state index is 13.6. The number of nitrogens with zero attached hydrogens (tertiary/aromatic N) is 2. The fourth-order valence-electron chi connectivity index (χ4n) is 5.03. The van der Waals surface area contributed by atoms with Crippen LogP contribution in [0.2, 0.25) is 0 Å². The minimum absolute atomic E-state index is 0.0280. The zero-order valence-corrected chi connectivity index (χ0v) is 20.6. The lowest BCUT2D eigenvalue weighted by Crippen LogP contribution is -2.45. The Hall–Kier alpha value is -3.08. The van der Waals surface area contributed by atoms with E-state index in [4.69, 9.17) is 0 Å². The standard InChI is InChI=1S/C29H37N3O2/c1-3-17-32(29(34)24-8-4-5-9-24)21-28(33)31(20-23-14-12-22(2)13-15-23)18-16-25-19-30-27-11-7-6-10-26(25)27/h6-7,10-15,19,24,30H,3-5,8-9,16-18,20-21H2,1-2H3. The number of hydrogen-bond donors (Lipinski definition) is 1. The van der Waals surface area contributed by atoms with Crippen molar-refractivity contribution in [1.82, 2.24) is 14.8 Å². The van der Waals surface area contributed by atoms with Gasteiger partial charge in [-0.3, -0.25) is 9.59 Å². The van der Waals surface area contributed by atoms with E-state index in [9.17, 15) is 9.59 Å². The number of aromatic nitrogens is 1. The van der Waals surface area contributed by atoms with Crippen LogP contribution in [0.4, 0.5) is 0 Å². The van der Waals surface area contributed by atoms with Gasteiger partial charge in [-0.15, -0.1) is 0 Å². The average molecular weight is 460 g/mol. The van der Waals surface area contributed by atoms with Crippen molar-refractivity contribution in [3.63, 3.8) is 0 Å². The zero-order chi connectivity index (χ0) is 23.9. The number of carbonyl (C=O) groups is 2. The zero-order valence-electron chi connectivity index (χ0n) is 20.6. The Morgan fingerprint density at radius 3 is 2.44 bits per heavy atom. The molecule has 5 heteroatoms. The third-order valence-electron chi connectivity index (χ3n) is 7.01. The van der Waals surface area contributed by atoms with Gasteiger partial charge in [0.1, 0.15) is 0 Å². The molecule has 0 atom stereocenters. The predicted molar refractivity (Wildman–Crippen MR) is 137 cm³/mol. The Balaban J connectivity index is 1.49. The maximum atomic E-state index is 13.6. The van der Waals surface area contributed by atoms with E-state index < -0.39 is 0 Å². The first-order chi connectivity index (χ1) is 16.5. The fourth-order valence-corrected chi connectivity index (χ4v) is 5.03. The summed E-state index contributed by atoms with van der Waals surface area (Å²) >= 11 is 0. The van der Waals surface area contributed by atoms with Crippen LogP contribution >= 0.6 is 0 Å². The number of nitrogens with one attached hydrogen (secondary N) is 1. The van der Waals surface area contributed by atoms with Crippen molar-refractivity contribution in [2.24, 2.45) is 5.92 Å². The summed E-state index contributed by atoms with van der Waals surface area (Å²) in [4.78, 5) is 33.8. The van der Waals surface area contributed by atoms with Crippen LogP contribution in [0.5, 0.6) is 0 Å². The van der Waals surface area contributed by atoms with Crippen LogP contribution in [0, 0.1) is 12.8 Å². The lowest BCUT2D eigenvalue weighted by Gasteiger charge is -2.29. The topological polar surface area (TPSA) is 56.4 Å². The third kappa shape index (κ3) is 5.88. The lowest BCUT2D eigenvalue weighted by atomic mass is 10.1. The molecular weight excluding hydrogens is 422 g/mol. The van der Waals surface area contributed by atoms with Crippen LogP contribution in [0.3, 0.4) is 0 Å². The van der Waals surface area contributed by atoms with E-state index in [0.29, 0.717) is 19.6 Å². The molecular formula is C29H37N3O2. The van der Waals surface area contributed by atoms with Crippen LogP contribution in [0.1, 0.15) is 55.7 Å². The predicted octanol–water partition coefficient (Wildman–Crippen LogP) is 5.48. The minimum Gasteiger partial charge on any atom is -0.361 e. The quantitative estimate of drug-likeness (QED) is 0.437. The molecule has 0 unspecified atom stereocenters. The van der Waals surface area contributed by atoms with Gasteiger partial charge in [0.05, 0.1) is 6.54 Å². The molecule has 2 aromatic carbocycles. The van der Waals surface area contributed by atoms with Gasteiger partial charge in [0, 0.05) is 42.7 Å². The highest BCUT2D eigenvalue weighted by Gasteiger charge is 2.29. The monoisotopic (exact) mass is 459 g/mol. The molecule has 1 heterocycles. The smallest absolute Gasteiger partial charge is 0.242 e. The second kappa shape index (κ2) is 11.4. The molecule has 0 spiro atoms. The number of carbonyl (C=O) groups excluding carboxylic acids is 2. The van der Waals surface area contributed by atoms with Crippen LogP contribution < -0.4 is 0 Å². The highest BCUT2D eigenvalue weighted by molar-refractivity contribution is 5.86. The van der Waals surface area contributed by atoms with E-state index in [1.54, 1.807) is 0 Å². The summed E-state index contributed by atoms with van der Waals surface area (Å²) in [6, 6.07) is 16.6. The number of aryl methyl sites for hydroxylation is 1. The lowest BCUT2D eigenvalue weighted by molar-refractivity contribution is -0.143. The summed E-state index contributed by atoms with van der Waals surface area (Å²) in [5, 5.41) is 1.20. The van der Waals surface area contributed by atoms with Gasteiger partial charge in [0.25, 0.3) is 0 Å². The summed E-state index contributed by atoms with van der Waals surface area (Å²) < 4.78 is 0. The second-order valence-corrected chi connectivity index (χ2v) is 9.65. The van der Waals surface area contributed by atoms with Gasteiger partial charge in [0.2, 0.25) is 11.8 Å². The van der Waals surface area contributed by atoms with Gasteiger partial charge in [-0.2, -0.15) is 0 Å². The van der Waals surface area contributed by atoms with Crippen molar-refractivity contribution < 1.29 is 9.59 Å². The largest absolute Gasteiger partial charge is 0.361 e. The summed E-state index contributed by atoms with van der Waals surface area (Å²) in [6.07, 6.45) is 7.84. The van der Waals surface area contributed by atoms with E-state index >= 15 is 0 Å². The number of fused-ring (bicyclic) bond motifs is 1. The Morgan fingerprint density at radius 1 is 0.971 bits per heavy atom. The molecule has 34 heavy (non-hydrogen) atoms. The van der Waals surface area contributed by atoms with E-state index in [2.05, 4.69) is 55.2 Å². The number of rotatable bonds is 10. The minimum atomic E-state index is 0.0280. The van der Waals surface area contributed by atoms with Crippen molar-refractivity contribution >= 4 is 22.7 Å². The molecule has 0 bridgehead atoms. The molecule has 2 amide bonds. The van der Waals surface area contributed by atoms with Gasteiger partial charge in [0.15, 0.2) is 0 Å². The highest BCUT2D eigenvalue weighted by Crippen LogP contribution is 2.27. The van der Waals surface area contributed by atoms with Crippen molar-refractivity contribution in [3.8, 4) is 0 Å². The Labute approximate surface area is 203 Å². The van der Waals surface area contributed by atoms with E-state index in [-0.39, 0.29) is 24.3 Å². The first-order valence-electron chi connectivity index (χ1n) is 12.7. The van der Waals surface area contributed by atoms with E-state index in [0.717, 1.165) is 49.6 Å². The highest BCUT2D eigenvalue weighted by atomic mass is 16.2. The normalized spacial score (nSPS) is 13.9. The fraction of sp³-hybridized carbons (Fsp3) is 0.448. The summed E-state index contributed by atoms with van der Waals surface area (Å²) in [5.74, 6) is 0.288. The first-order valence-corrected chi connectivity index (χ1v) is 12.7. The van der Waals surface area contributed by atoms with Crippen molar-refractivity contribution in [2.75, 3.05) is 19.6 Å². The Morgan fingerprint density at radius 2 is 1.71 bits per heavy atom. The molecule has 4 rings (SSSR count). The van der Waals surface area contributed by atoms with Crippen molar-refractivity contribution in [3.05, 3.63) is 71.4 Å². The molecule has 3 aromatic rings. The van der Waals surface area contributed by atoms with Crippen molar-refractivity contribution in [1.29, 1.82) is 0 Å². The van der Waals surface area contributed by atoms with Gasteiger partial charge >= 0.3 is 0 Å². The molecule has 1 N–H and O–H groups in total. The molecule has 0 saturated heterocycles. The van der Waals surface area contributed by atoms with Gasteiger partial charge < -0.3 is 14.8 Å². The summed E-state index contributed by atoms with van der Waals surface area (Å²) in [6.45, 7) is 6.12. The number of aromatic amines is 1. The molecule has 0 aliphatic heterocycles. The molecule has 1 aliphatic carbocycles.